The largest absolute Gasteiger partial charge is 0.396 e. The summed E-state index contributed by atoms with van der Waals surface area (Å²) in [6.07, 6.45) is 3.42. The summed E-state index contributed by atoms with van der Waals surface area (Å²) in [5, 5.41) is 8.99. The van der Waals surface area contributed by atoms with Crippen molar-refractivity contribution in [1.29, 1.82) is 0 Å². The highest BCUT2D eigenvalue weighted by molar-refractivity contribution is 5.82. The normalized spacial score (nSPS) is 20.0. The average Bonchev–Trinajstić information content (AvgIpc) is 2.42. The van der Waals surface area contributed by atoms with Crippen LogP contribution in [0.1, 0.15) is 24.8 Å². The molecule has 0 saturated carbocycles. The highest BCUT2D eigenvalue weighted by Gasteiger charge is 2.21. The van der Waals surface area contributed by atoms with E-state index < -0.39 is 0 Å². The van der Waals surface area contributed by atoms with Gasteiger partial charge in [-0.3, -0.25) is 9.69 Å². The summed E-state index contributed by atoms with van der Waals surface area (Å²) >= 11 is 0. The summed E-state index contributed by atoms with van der Waals surface area (Å²) in [6, 6.07) is 6.11. The maximum absolute atomic E-state index is 12.8. The minimum Gasteiger partial charge on any atom is -0.396 e. The van der Waals surface area contributed by atoms with E-state index in [1.165, 1.54) is 12.1 Å². The summed E-state index contributed by atoms with van der Waals surface area (Å²) in [4.78, 5) is 14.2. The van der Waals surface area contributed by atoms with Crippen molar-refractivity contribution in [2.45, 2.75) is 25.7 Å². The Balaban J connectivity index is 1.80. The molecular weight excluding hydrogens is 257 g/mol. The molecule has 1 aromatic carbocycles. The van der Waals surface area contributed by atoms with Crippen molar-refractivity contribution in [3.8, 4) is 0 Å². The van der Waals surface area contributed by atoms with Gasteiger partial charge in [-0.05, 0) is 49.4 Å². The molecule has 1 saturated heterocycles. The lowest BCUT2D eigenvalue weighted by molar-refractivity contribution is -0.120. The molecule has 1 N–H and O–H groups in total. The molecule has 4 heteroatoms. The van der Waals surface area contributed by atoms with E-state index in [-0.39, 0.29) is 18.2 Å². The minimum absolute atomic E-state index is 0.168. The Bertz CT molecular complexity index is 431. The number of halogens is 1. The van der Waals surface area contributed by atoms with Gasteiger partial charge < -0.3 is 5.11 Å². The number of carbonyl (C=O) groups excluding carboxylic acids is 1. The summed E-state index contributed by atoms with van der Waals surface area (Å²) in [5.41, 5.74) is 0.861. The molecule has 0 bridgehead atoms. The standard InChI is InChI=1S/C16H22FNO2/c17-15-5-3-13(4-6-15)10-16(20)12-18-8-1-2-14(11-18)7-9-19/h3-6,14,19H,1-2,7-12H2. The molecule has 1 fully saturated rings. The van der Waals surface area contributed by atoms with Crippen molar-refractivity contribution in [3.63, 3.8) is 0 Å². The summed E-state index contributed by atoms with van der Waals surface area (Å²) in [6.45, 7) is 2.54. The van der Waals surface area contributed by atoms with Crippen molar-refractivity contribution >= 4 is 5.78 Å². The molecule has 110 valence electrons. The Hall–Kier alpha value is -1.26. The molecule has 1 aliphatic rings. The SMILES string of the molecule is O=C(Cc1ccc(F)cc1)CN1CCCC(CCO)C1. The quantitative estimate of drug-likeness (QED) is 0.866. The molecule has 1 atom stereocenters. The molecular formula is C16H22FNO2. The Kier molecular flexibility index (Phi) is 5.68. The van der Waals surface area contributed by atoms with E-state index in [0.29, 0.717) is 18.9 Å². The fourth-order valence-corrected chi connectivity index (χ4v) is 2.85. The number of hydrogen-bond donors (Lipinski definition) is 1. The Morgan fingerprint density at radius 1 is 1.35 bits per heavy atom. The monoisotopic (exact) mass is 279 g/mol. The molecule has 20 heavy (non-hydrogen) atoms. The van der Waals surface area contributed by atoms with Crippen LogP contribution in [0.15, 0.2) is 24.3 Å². The molecule has 2 rings (SSSR count). The molecule has 0 spiro atoms. The minimum atomic E-state index is -0.274. The predicted octanol–water partition coefficient (Wildman–Crippen LogP) is 2.03. The number of carbonyl (C=O) groups is 1. The summed E-state index contributed by atoms with van der Waals surface area (Å²) in [7, 11) is 0. The summed E-state index contributed by atoms with van der Waals surface area (Å²) in [5.74, 6) is 0.401. The zero-order valence-electron chi connectivity index (χ0n) is 11.7. The molecule has 1 aliphatic heterocycles. The number of rotatable bonds is 6. The zero-order valence-corrected chi connectivity index (χ0v) is 11.7. The van der Waals surface area contributed by atoms with Gasteiger partial charge in [-0.1, -0.05) is 12.1 Å². The number of piperidine rings is 1. The van der Waals surface area contributed by atoms with Crippen molar-refractivity contribution < 1.29 is 14.3 Å². The van der Waals surface area contributed by atoms with Gasteiger partial charge in [0.2, 0.25) is 0 Å². The Morgan fingerprint density at radius 3 is 2.80 bits per heavy atom. The van der Waals surface area contributed by atoms with Gasteiger partial charge in [0.05, 0.1) is 6.54 Å². The average molecular weight is 279 g/mol. The third kappa shape index (κ3) is 4.69. The summed E-state index contributed by atoms with van der Waals surface area (Å²) < 4.78 is 12.8. The fourth-order valence-electron chi connectivity index (χ4n) is 2.85. The second-order valence-corrected chi connectivity index (χ2v) is 5.60. The molecule has 1 heterocycles. The van der Waals surface area contributed by atoms with Gasteiger partial charge in [0.25, 0.3) is 0 Å². The van der Waals surface area contributed by atoms with Crippen LogP contribution < -0.4 is 0 Å². The first kappa shape index (κ1) is 15.1. The van der Waals surface area contributed by atoms with Crippen LogP contribution in [0, 0.1) is 11.7 Å². The number of aliphatic hydroxyl groups is 1. The second-order valence-electron chi connectivity index (χ2n) is 5.60. The maximum atomic E-state index is 12.8. The van der Waals surface area contributed by atoms with E-state index in [2.05, 4.69) is 4.90 Å². The molecule has 1 unspecified atom stereocenters. The Morgan fingerprint density at radius 2 is 2.10 bits per heavy atom. The topological polar surface area (TPSA) is 40.5 Å². The third-order valence-electron chi connectivity index (χ3n) is 3.85. The molecule has 0 aliphatic carbocycles. The molecule has 3 nitrogen and oxygen atoms in total. The van der Waals surface area contributed by atoms with Crippen molar-refractivity contribution in [2.24, 2.45) is 5.92 Å². The van der Waals surface area contributed by atoms with E-state index in [1.807, 2.05) is 0 Å². The van der Waals surface area contributed by atoms with Gasteiger partial charge >= 0.3 is 0 Å². The van der Waals surface area contributed by atoms with Gasteiger partial charge in [0, 0.05) is 19.6 Å². The van der Waals surface area contributed by atoms with Crippen LogP contribution in [-0.2, 0) is 11.2 Å². The van der Waals surface area contributed by atoms with Crippen LogP contribution in [-0.4, -0.2) is 42.0 Å². The van der Waals surface area contributed by atoms with E-state index in [1.54, 1.807) is 12.1 Å². The number of hydrogen-bond acceptors (Lipinski definition) is 3. The van der Waals surface area contributed by atoms with Crippen molar-refractivity contribution in [3.05, 3.63) is 35.6 Å². The molecule has 0 radical (unpaired) electrons. The molecule has 0 aromatic heterocycles. The first-order chi connectivity index (χ1) is 9.67. The number of aliphatic hydroxyl groups excluding tert-OH is 1. The van der Waals surface area contributed by atoms with Crippen LogP contribution in [0.4, 0.5) is 4.39 Å². The lowest BCUT2D eigenvalue weighted by Gasteiger charge is -2.31. The molecule has 0 amide bonds. The van der Waals surface area contributed by atoms with Gasteiger partial charge in [0.15, 0.2) is 5.78 Å². The van der Waals surface area contributed by atoms with E-state index in [0.717, 1.165) is 37.9 Å². The van der Waals surface area contributed by atoms with Crippen LogP contribution >= 0.6 is 0 Å². The predicted molar refractivity (Wildman–Crippen MR) is 76.0 cm³/mol. The maximum Gasteiger partial charge on any atom is 0.151 e. The van der Waals surface area contributed by atoms with Gasteiger partial charge in [-0.25, -0.2) is 4.39 Å². The number of nitrogens with zero attached hydrogens (tertiary/aromatic N) is 1. The lowest BCUT2D eigenvalue weighted by atomic mass is 9.95. The third-order valence-corrected chi connectivity index (χ3v) is 3.85. The lowest BCUT2D eigenvalue weighted by Crippen LogP contribution is -2.39. The van der Waals surface area contributed by atoms with Crippen LogP contribution in [0.5, 0.6) is 0 Å². The van der Waals surface area contributed by atoms with Crippen LogP contribution in [0.25, 0.3) is 0 Å². The number of likely N-dealkylation sites (tertiary alicyclic amines) is 1. The number of benzene rings is 1. The number of ketones is 1. The highest BCUT2D eigenvalue weighted by Crippen LogP contribution is 2.19. The smallest absolute Gasteiger partial charge is 0.151 e. The van der Waals surface area contributed by atoms with Gasteiger partial charge in [-0.15, -0.1) is 0 Å². The van der Waals surface area contributed by atoms with Crippen LogP contribution in [0.2, 0.25) is 0 Å². The first-order valence-electron chi connectivity index (χ1n) is 7.26. The fraction of sp³-hybridized carbons (Fsp3) is 0.562. The van der Waals surface area contributed by atoms with Gasteiger partial charge in [-0.2, -0.15) is 0 Å². The Labute approximate surface area is 119 Å². The first-order valence-corrected chi connectivity index (χ1v) is 7.26. The van der Waals surface area contributed by atoms with Crippen molar-refractivity contribution in [2.75, 3.05) is 26.2 Å². The zero-order chi connectivity index (χ0) is 14.4. The van der Waals surface area contributed by atoms with E-state index in [4.69, 9.17) is 5.11 Å². The highest BCUT2D eigenvalue weighted by atomic mass is 19.1. The van der Waals surface area contributed by atoms with E-state index >= 15 is 0 Å². The van der Waals surface area contributed by atoms with Crippen LogP contribution in [0.3, 0.4) is 0 Å². The van der Waals surface area contributed by atoms with E-state index in [9.17, 15) is 9.18 Å². The molecule has 1 aromatic rings. The van der Waals surface area contributed by atoms with Crippen molar-refractivity contribution in [1.82, 2.24) is 4.90 Å². The second kappa shape index (κ2) is 7.50. The number of Topliss-reactive ketones (excluding diaryl/α,β-unsaturated/α-hetero) is 1. The van der Waals surface area contributed by atoms with Gasteiger partial charge in [0.1, 0.15) is 5.82 Å².